The molecule has 0 amide bonds. The maximum atomic E-state index is 3.10. The third-order valence-electron chi connectivity index (χ3n) is 1.54. The van der Waals surface area contributed by atoms with Crippen molar-refractivity contribution in [3.8, 4) is 0 Å². The Kier molecular flexibility index (Phi) is 1.87. The van der Waals surface area contributed by atoms with Crippen LogP contribution in [0.1, 0.15) is 0 Å². The fourth-order valence-corrected chi connectivity index (χ4v) is 0.995. The molecule has 0 atom stereocenters. The van der Waals surface area contributed by atoms with Gasteiger partial charge < -0.3 is 0 Å². The first-order chi connectivity index (χ1) is 5.97. The van der Waals surface area contributed by atoms with E-state index in [2.05, 4.69) is 16.4 Å². The predicted octanol–water partition coefficient (Wildman–Crippen LogP) is -0.0233. The minimum atomic E-state index is 0.693. The van der Waals surface area contributed by atoms with E-state index in [9.17, 15) is 0 Å². The van der Waals surface area contributed by atoms with Gasteiger partial charge in [-0.25, -0.2) is 5.53 Å². The molecule has 1 aliphatic heterocycles. The summed E-state index contributed by atoms with van der Waals surface area (Å²) in [6.07, 6.45) is 3.83. The highest BCUT2D eigenvalue weighted by Gasteiger charge is 1.95. The lowest BCUT2D eigenvalue weighted by molar-refractivity contribution is 0.466. The molecule has 0 spiro atoms. The molecule has 0 bridgehead atoms. The van der Waals surface area contributed by atoms with Crippen LogP contribution in [-0.4, -0.2) is 16.3 Å². The molecule has 0 saturated carbocycles. The van der Waals surface area contributed by atoms with Gasteiger partial charge in [0.05, 0.1) is 0 Å². The number of rotatable bonds is 0. The van der Waals surface area contributed by atoms with Crippen LogP contribution in [0.15, 0.2) is 36.7 Å². The smallest absolute Gasteiger partial charge is 0.101 e. The van der Waals surface area contributed by atoms with Crippen molar-refractivity contribution in [1.82, 2.24) is 15.0 Å². The molecule has 5 heteroatoms. The van der Waals surface area contributed by atoms with Crippen molar-refractivity contribution in [1.29, 1.82) is 0 Å². The Bertz CT molecular complexity index is 268. The minimum absolute atomic E-state index is 0.693. The molecule has 3 N–H and O–H groups in total. The standard InChI is InChI=1S/C7H11N5/c1-2-4-6-12-10-8-7-9-11(12)5-3-1/h1-6,8-10H,7H2. The van der Waals surface area contributed by atoms with Gasteiger partial charge in [0.1, 0.15) is 6.67 Å². The zero-order valence-electron chi connectivity index (χ0n) is 6.57. The average molecular weight is 165 g/mol. The van der Waals surface area contributed by atoms with Crippen molar-refractivity contribution in [3.05, 3.63) is 36.7 Å². The molecule has 0 aliphatic carbocycles. The molecule has 1 aromatic heterocycles. The van der Waals surface area contributed by atoms with Gasteiger partial charge in [-0.15, -0.1) is 0 Å². The lowest BCUT2D eigenvalue weighted by atomic mass is 10.5. The number of nitrogens with zero attached hydrogens (tertiary/aromatic N) is 2. The Morgan fingerprint density at radius 1 is 0.917 bits per heavy atom. The maximum Gasteiger partial charge on any atom is 0.101 e. The van der Waals surface area contributed by atoms with Crippen LogP contribution >= 0.6 is 0 Å². The van der Waals surface area contributed by atoms with Gasteiger partial charge in [-0.1, -0.05) is 12.1 Å². The van der Waals surface area contributed by atoms with E-state index in [1.807, 2.05) is 41.4 Å². The van der Waals surface area contributed by atoms with E-state index in [1.165, 1.54) is 0 Å². The van der Waals surface area contributed by atoms with Gasteiger partial charge in [0, 0.05) is 12.4 Å². The number of hydrogen-bond donors (Lipinski definition) is 3. The first kappa shape index (κ1) is 7.05. The third-order valence-corrected chi connectivity index (χ3v) is 1.54. The van der Waals surface area contributed by atoms with Gasteiger partial charge in [0.25, 0.3) is 0 Å². The molecule has 2 rings (SSSR count). The fourth-order valence-electron chi connectivity index (χ4n) is 0.995. The maximum absolute atomic E-state index is 3.10. The van der Waals surface area contributed by atoms with Crippen molar-refractivity contribution >= 4 is 0 Å². The topological polar surface area (TPSA) is 46.0 Å². The largest absolute Gasteiger partial charge is 0.294 e. The summed E-state index contributed by atoms with van der Waals surface area (Å²) >= 11 is 0. The van der Waals surface area contributed by atoms with Crippen LogP contribution in [0.25, 0.3) is 0 Å². The summed E-state index contributed by atoms with van der Waals surface area (Å²) in [5.74, 6) is 0. The number of hydrogen-bond acceptors (Lipinski definition) is 3. The lowest BCUT2D eigenvalue weighted by Crippen LogP contribution is -2.48. The highest BCUT2D eigenvalue weighted by molar-refractivity contribution is 4.93. The second kappa shape index (κ2) is 3.19. The second-order valence-corrected chi connectivity index (χ2v) is 2.38. The Labute approximate surface area is 70.2 Å². The predicted molar refractivity (Wildman–Crippen MR) is 46.8 cm³/mol. The van der Waals surface area contributed by atoms with E-state index in [-0.39, 0.29) is 0 Å². The highest BCUT2D eigenvalue weighted by atomic mass is 15.9. The molecule has 64 valence electrons. The monoisotopic (exact) mass is 165 g/mol. The molecular weight excluding hydrogens is 154 g/mol. The Morgan fingerprint density at radius 3 is 2.50 bits per heavy atom. The molecule has 1 aromatic rings. The van der Waals surface area contributed by atoms with Crippen molar-refractivity contribution < 1.29 is 0 Å². The highest BCUT2D eigenvalue weighted by Crippen LogP contribution is 1.85. The SMILES string of the molecule is c1cccn2n(cc1)NCNN2. The van der Waals surface area contributed by atoms with Crippen LogP contribution in [0.3, 0.4) is 0 Å². The average Bonchev–Trinajstić information content (AvgIpc) is 2.06. The molecule has 0 fully saturated rings. The number of nitrogens with one attached hydrogen (secondary N) is 3. The molecule has 0 saturated heterocycles. The van der Waals surface area contributed by atoms with Gasteiger partial charge in [0.15, 0.2) is 0 Å². The van der Waals surface area contributed by atoms with E-state index < -0.39 is 0 Å². The van der Waals surface area contributed by atoms with Gasteiger partial charge in [-0.05, 0) is 12.1 Å². The van der Waals surface area contributed by atoms with Crippen molar-refractivity contribution in [2.75, 3.05) is 17.6 Å². The first-order valence-electron chi connectivity index (χ1n) is 3.79. The Morgan fingerprint density at radius 2 is 1.67 bits per heavy atom. The van der Waals surface area contributed by atoms with Crippen LogP contribution < -0.4 is 16.4 Å². The fraction of sp³-hybridized carbons (Fsp3) is 0.143. The summed E-state index contributed by atoms with van der Waals surface area (Å²) in [4.78, 5) is 3.64. The molecule has 2 heterocycles. The van der Waals surface area contributed by atoms with E-state index >= 15 is 0 Å². The first-order valence-corrected chi connectivity index (χ1v) is 3.79. The number of aromatic nitrogens is 2. The van der Waals surface area contributed by atoms with E-state index in [4.69, 9.17) is 0 Å². The van der Waals surface area contributed by atoms with E-state index in [0.29, 0.717) is 6.67 Å². The van der Waals surface area contributed by atoms with Gasteiger partial charge >= 0.3 is 0 Å². The minimum Gasteiger partial charge on any atom is -0.294 e. The molecule has 0 unspecified atom stereocenters. The molecule has 5 nitrogen and oxygen atoms in total. The number of fused-ring (bicyclic) bond motifs is 1. The van der Waals surface area contributed by atoms with Crippen molar-refractivity contribution in [3.63, 3.8) is 0 Å². The third kappa shape index (κ3) is 1.35. The number of hydrazine groups is 1. The summed E-state index contributed by atoms with van der Waals surface area (Å²) in [6.45, 7) is 0.693. The van der Waals surface area contributed by atoms with Gasteiger partial charge in [-0.3, -0.25) is 5.43 Å². The van der Waals surface area contributed by atoms with Gasteiger partial charge in [-0.2, -0.15) is 15.0 Å². The normalized spacial score (nSPS) is 13.7. The van der Waals surface area contributed by atoms with Crippen molar-refractivity contribution in [2.45, 2.75) is 0 Å². The molecule has 0 radical (unpaired) electrons. The summed E-state index contributed by atoms with van der Waals surface area (Å²) in [5.41, 5.74) is 9.01. The van der Waals surface area contributed by atoms with Crippen LogP contribution in [0.5, 0.6) is 0 Å². The molecule has 0 aromatic carbocycles. The zero-order valence-corrected chi connectivity index (χ0v) is 6.57. The molecular formula is C7H11N5. The van der Waals surface area contributed by atoms with E-state index in [1.54, 1.807) is 4.79 Å². The Hall–Kier alpha value is -1.62. The molecule has 1 aliphatic rings. The quantitative estimate of drug-likeness (QED) is 0.506. The lowest BCUT2D eigenvalue weighted by Gasteiger charge is -2.24. The molecule has 12 heavy (non-hydrogen) atoms. The summed E-state index contributed by atoms with van der Waals surface area (Å²) in [6, 6.07) is 7.83. The second-order valence-electron chi connectivity index (χ2n) is 2.38. The van der Waals surface area contributed by atoms with Crippen LogP contribution in [0, 0.1) is 0 Å². The zero-order chi connectivity index (χ0) is 8.23. The van der Waals surface area contributed by atoms with E-state index in [0.717, 1.165) is 0 Å². The van der Waals surface area contributed by atoms with Crippen molar-refractivity contribution in [2.24, 2.45) is 0 Å². The van der Waals surface area contributed by atoms with Crippen LogP contribution in [0.2, 0.25) is 0 Å². The van der Waals surface area contributed by atoms with Crippen LogP contribution in [0.4, 0.5) is 0 Å². The summed E-state index contributed by atoms with van der Waals surface area (Å²) < 4.78 is 0. The summed E-state index contributed by atoms with van der Waals surface area (Å²) in [7, 11) is 0. The summed E-state index contributed by atoms with van der Waals surface area (Å²) in [5, 5.41) is 0. The van der Waals surface area contributed by atoms with Gasteiger partial charge in [0.2, 0.25) is 0 Å². The Balaban J connectivity index is 2.48. The van der Waals surface area contributed by atoms with Crippen LogP contribution in [-0.2, 0) is 0 Å².